The highest BCUT2D eigenvalue weighted by Gasteiger charge is 2.09. The maximum absolute atomic E-state index is 12.3. The van der Waals surface area contributed by atoms with Gasteiger partial charge in [0, 0.05) is 22.7 Å². The lowest BCUT2D eigenvalue weighted by atomic mass is 10.1. The molecule has 0 heterocycles. The topological polar surface area (TPSA) is 46.2 Å². The Balaban J connectivity index is 2.41. The molecule has 1 N–H and O–H groups in total. The monoisotopic (exact) mass is 333 g/mol. The summed E-state index contributed by atoms with van der Waals surface area (Å²) in [5.41, 5.74) is 0.625. The third-order valence-corrected chi connectivity index (χ3v) is 3.72. The van der Waals surface area contributed by atoms with Crippen LogP contribution >= 0.6 is 23.2 Å². The Bertz CT molecular complexity index is 781. The molecule has 0 radical (unpaired) electrons. The molecule has 0 aliphatic heterocycles. The average molecular weight is 334 g/mol. The molecule has 3 nitrogen and oxygen atoms in total. The van der Waals surface area contributed by atoms with Gasteiger partial charge >= 0.3 is 0 Å². The van der Waals surface area contributed by atoms with Gasteiger partial charge in [0.05, 0.1) is 11.3 Å². The Kier molecular flexibility index (Phi) is 5.36. The van der Waals surface area contributed by atoms with E-state index in [-0.39, 0.29) is 11.0 Å². The predicted molar refractivity (Wildman–Crippen MR) is 92.1 cm³/mol. The zero-order valence-electron chi connectivity index (χ0n) is 11.8. The van der Waals surface area contributed by atoms with E-state index in [1.165, 1.54) is 18.2 Å². The third kappa shape index (κ3) is 3.56. The fourth-order valence-corrected chi connectivity index (χ4v) is 2.43. The second kappa shape index (κ2) is 7.25. The van der Waals surface area contributed by atoms with Gasteiger partial charge in [-0.05, 0) is 36.4 Å². The van der Waals surface area contributed by atoms with Crippen molar-refractivity contribution in [3.63, 3.8) is 0 Å². The number of rotatable bonds is 4. The number of carbonyl (C=O) groups excluding carboxylic acids is 1. The molecule has 0 amide bonds. The van der Waals surface area contributed by atoms with Crippen molar-refractivity contribution in [1.29, 1.82) is 0 Å². The standard InChI is InChI=1S/C17H13Cl2NO2/c1-20-15-8-3-2-5-12(17(15)22)16(21)10-9-11-13(18)6-4-7-14(11)19/h2-10H,1H3,(H,20,22)/b10-9-. The molecule has 112 valence electrons. The zero-order valence-corrected chi connectivity index (χ0v) is 13.3. The van der Waals surface area contributed by atoms with Crippen LogP contribution in [0.1, 0.15) is 15.9 Å². The molecule has 0 saturated carbocycles. The van der Waals surface area contributed by atoms with Crippen molar-refractivity contribution in [3.8, 4) is 0 Å². The Morgan fingerprint density at radius 1 is 1.05 bits per heavy atom. The highest BCUT2D eigenvalue weighted by Crippen LogP contribution is 2.25. The number of allylic oxidation sites excluding steroid dienone is 1. The number of hydrogen-bond donors (Lipinski definition) is 1. The van der Waals surface area contributed by atoms with Gasteiger partial charge in [-0.3, -0.25) is 9.59 Å². The molecule has 0 spiro atoms. The second-order valence-electron chi connectivity index (χ2n) is 4.46. The second-order valence-corrected chi connectivity index (χ2v) is 5.27. The Hall–Kier alpha value is -2.10. The van der Waals surface area contributed by atoms with Gasteiger partial charge in [-0.1, -0.05) is 41.4 Å². The van der Waals surface area contributed by atoms with E-state index in [0.29, 0.717) is 21.3 Å². The quantitative estimate of drug-likeness (QED) is 0.670. The molecule has 22 heavy (non-hydrogen) atoms. The van der Waals surface area contributed by atoms with E-state index < -0.39 is 5.78 Å². The van der Waals surface area contributed by atoms with Crippen LogP contribution in [0.5, 0.6) is 0 Å². The lowest BCUT2D eigenvalue weighted by molar-refractivity contribution is 0.104. The minimum atomic E-state index is -0.409. The minimum absolute atomic E-state index is 0.0776. The van der Waals surface area contributed by atoms with Gasteiger partial charge in [0.15, 0.2) is 5.78 Å². The summed E-state index contributed by atoms with van der Waals surface area (Å²) in [6.45, 7) is 0. The first kappa shape index (κ1) is 16.3. The number of halogens is 2. The van der Waals surface area contributed by atoms with E-state index in [9.17, 15) is 9.59 Å². The molecule has 2 aromatic carbocycles. The van der Waals surface area contributed by atoms with Crippen LogP contribution in [-0.2, 0) is 0 Å². The van der Waals surface area contributed by atoms with E-state index in [1.807, 2.05) is 0 Å². The van der Waals surface area contributed by atoms with Crippen LogP contribution < -0.4 is 10.7 Å². The minimum Gasteiger partial charge on any atom is -0.385 e. The summed E-state index contributed by atoms with van der Waals surface area (Å²) < 4.78 is 0. The van der Waals surface area contributed by atoms with Crippen LogP contribution in [0, 0.1) is 0 Å². The average Bonchev–Trinajstić information content (AvgIpc) is 2.68. The summed E-state index contributed by atoms with van der Waals surface area (Å²) in [6, 6.07) is 11.5. The van der Waals surface area contributed by atoms with Crippen LogP contribution in [0.4, 0.5) is 5.69 Å². The molecule has 0 unspecified atom stereocenters. The number of carbonyl (C=O) groups is 1. The molecule has 0 aromatic heterocycles. The molecular weight excluding hydrogens is 321 g/mol. The van der Waals surface area contributed by atoms with E-state index in [4.69, 9.17) is 23.2 Å². The van der Waals surface area contributed by atoms with Crippen LogP contribution in [0.2, 0.25) is 10.0 Å². The molecule has 5 heteroatoms. The molecular formula is C17H13Cl2NO2. The molecule has 0 saturated heterocycles. The van der Waals surface area contributed by atoms with Crippen molar-refractivity contribution < 1.29 is 4.79 Å². The van der Waals surface area contributed by atoms with Crippen LogP contribution in [-0.4, -0.2) is 12.8 Å². The van der Waals surface area contributed by atoms with Crippen molar-refractivity contribution >= 4 is 40.7 Å². The highest BCUT2D eigenvalue weighted by atomic mass is 35.5. The number of nitrogens with one attached hydrogen (secondary N) is 1. The largest absolute Gasteiger partial charge is 0.385 e. The van der Waals surface area contributed by atoms with Crippen LogP contribution in [0.3, 0.4) is 0 Å². The van der Waals surface area contributed by atoms with Crippen molar-refractivity contribution in [3.05, 3.63) is 79.9 Å². The van der Waals surface area contributed by atoms with Crippen molar-refractivity contribution in [1.82, 2.24) is 0 Å². The van der Waals surface area contributed by atoms with Crippen molar-refractivity contribution in [2.45, 2.75) is 0 Å². The fourth-order valence-electron chi connectivity index (χ4n) is 1.91. The molecule has 0 aliphatic carbocycles. The SMILES string of the molecule is CNc1ccccc(C(=O)/C=C\c2c(Cl)cccc2Cl)c1=O. The van der Waals surface area contributed by atoms with E-state index in [2.05, 4.69) is 5.32 Å². The summed E-state index contributed by atoms with van der Waals surface area (Å²) in [6.07, 6.45) is 2.81. The van der Waals surface area contributed by atoms with Gasteiger partial charge in [0.25, 0.3) is 0 Å². The Morgan fingerprint density at radius 3 is 2.32 bits per heavy atom. The summed E-state index contributed by atoms with van der Waals surface area (Å²) in [5, 5.41) is 3.65. The van der Waals surface area contributed by atoms with Gasteiger partial charge in [-0.15, -0.1) is 0 Å². The number of ketones is 1. The van der Waals surface area contributed by atoms with E-state index in [0.717, 1.165) is 0 Å². The van der Waals surface area contributed by atoms with E-state index >= 15 is 0 Å². The van der Waals surface area contributed by atoms with Crippen molar-refractivity contribution in [2.24, 2.45) is 0 Å². The zero-order chi connectivity index (χ0) is 16.1. The molecule has 0 bridgehead atoms. The van der Waals surface area contributed by atoms with Crippen LogP contribution in [0.25, 0.3) is 6.08 Å². The maximum atomic E-state index is 12.3. The number of hydrogen-bond acceptors (Lipinski definition) is 3. The molecule has 2 aromatic rings. The molecule has 0 atom stereocenters. The number of benzene rings is 1. The van der Waals surface area contributed by atoms with Gasteiger partial charge in [0.1, 0.15) is 0 Å². The first-order valence-electron chi connectivity index (χ1n) is 6.52. The third-order valence-electron chi connectivity index (χ3n) is 3.06. The maximum Gasteiger partial charge on any atom is 0.212 e. The molecule has 0 fully saturated rings. The first-order chi connectivity index (χ1) is 10.5. The van der Waals surface area contributed by atoms with Crippen LogP contribution in [0.15, 0.2) is 53.3 Å². The summed E-state index contributed by atoms with van der Waals surface area (Å²) in [7, 11) is 1.63. The Morgan fingerprint density at radius 2 is 1.68 bits per heavy atom. The predicted octanol–water partition coefficient (Wildman–Crippen LogP) is 4.29. The molecule has 0 aliphatic rings. The fraction of sp³-hybridized carbons (Fsp3) is 0.0588. The van der Waals surface area contributed by atoms with Gasteiger partial charge < -0.3 is 5.32 Å². The Labute approximate surface area is 138 Å². The van der Waals surface area contributed by atoms with Gasteiger partial charge in [-0.25, -0.2) is 0 Å². The van der Waals surface area contributed by atoms with E-state index in [1.54, 1.807) is 43.4 Å². The van der Waals surface area contributed by atoms with Gasteiger partial charge in [0.2, 0.25) is 5.43 Å². The summed E-state index contributed by atoms with van der Waals surface area (Å²) >= 11 is 12.1. The first-order valence-corrected chi connectivity index (χ1v) is 7.27. The normalized spacial score (nSPS) is 10.7. The number of anilines is 1. The highest BCUT2D eigenvalue weighted by molar-refractivity contribution is 6.37. The van der Waals surface area contributed by atoms with Crippen molar-refractivity contribution in [2.75, 3.05) is 12.4 Å². The molecule has 2 rings (SSSR count). The summed E-state index contributed by atoms with van der Waals surface area (Å²) in [5.74, 6) is -0.409. The lowest BCUT2D eigenvalue weighted by Crippen LogP contribution is -2.14. The lowest BCUT2D eigenvalue weighted by Gasteiger charge is -2.00. The van der Waals surface area contributed by atoms with Gasteiger partial charge in [-0.2, -0.15) is 0 Å². The smallest absolute Gasteiger partial charge is 0.212 e. The summed E-state index contributed by atoms with van der Waals surface area (Å²) in [4.78, 5) is 24.5.